The number of thioether (sulfide) groups is 1. The van der Waals surface area contributed by atoms with Gasteiger partial charge in [0, 0.05) is 25.9 Å². The first-order valence-electron chi connectivity index (χ1n) is 9.05. The van der Waals surface area contributed by atoms with Crippen molar-refractivity contribution >= 4 is 74.8 Å². The minimum Gasteiger partial charge on any atom is -0.457 e. The molecule has 2 aromatic carbocycles. The van der Waals surface area contributed by atoms with E-state index in [0.717, 1.165) is 25.8 Å². The summed E-state index contributed by atoms with van der Waals surface area (Å²) in [5.74, 6) is 0.0582. The smallest absolute Gasteiger partial charge is 0.294 e. The fraction of sp³-hybridized carbons (Fsp3) is 0.0455. The molecule has 0 spiro atoms. The van der Waals surface area contributed by atoms with Gasteiger partial charge in [0.05, 0.1) is 4.91 Å². The summed E-state index contributed by atoms with van der Waals surface area (Å²) in [5, 5.41) is 2.80. The maximum Gasteiger partial charge on any atom is 0.294 e. The lowest BCUT2D eigenvalue weighted by atomic mass is 10.2. The normalized spacial score (nSPS) is 15.0. The van der Waals surface area contributed by atoms with Crippen LogP contribution in [0, 0.1) is 3.57 Å². The molecule has 9 heteroatoms. The lowest BCUT2D eigenvalue weighted by molar-refractivity contribution is -0.127. The molecule has 6 nitrogen and oxygen atoms in total. The molecule has 1 saturated heterocycles. The molecule has 1 N–H and O–H groups in total. The predicted octanol–water partition coefficient (Wildman–Crippen LogP) is 5.88. The fourth-order valence-electron chi connectivity index (χ4n) is 2.84. The van der Waals surface area contributed by atoms with E-state index >= 15 is 0 Å². The van der Waals surface area contributed by atoms with Gasteiger partial charge in [-0.3, -0.25) is 19.3 Å². The van der Waals surface area contributed by atoms with Crippen LogP contribution in [0.4, 0.5) is 10.5 Å². The number of carbonyl (C=O) groups excluding carboxylic acids is 3. The first-order valence-corrected chi connectivity index (χ1v) is 11.3. The van der Waals surface area contributed by atoms with Gasteiger partial charge in [-0.25, -0.2) is 0 Å². The molecule has 0 atom stereocenters. The molecule has 1 aliphatic rings. The first-order chi connectivity index (χ1) is 14.9. The fourth-order valence-corrected chi connectivity index (χ4v) is 4.15. The van der Waals surface area contributed by atoms with E-state index in [0.29, 0.717) is 22.2 Å². The van der Waals surface area contributed by atoms with Gasteiger partial charge in [0.2, 0.25) is 5.91 Å². The van der Waals surface area contributed by atoms with E-state index in [4.69, 9.17) is 16.0 Å². The topological polar surface area (TPSA) is 79.6 Å². The van der Waals surface area contributed by atoms with E-state index in [-0.39, 0.29) is 11.4 Å². The van der Waals surface area contributed by atoms with Gasteiger partial charge in [0.1, 0.15) is 18.1 Å². The minimum absolute atomic E-state index is 0.198. The van der Waals surface area contributed by atoms with Crippen molar-refractivity contribution in [3.63, 3.8) is 0 Å². The summed E-state index contributed by atoms with van der Waals surface area (Å²) in [6, 6.07) is 17.8. The molecule has 0 radical (unpaired) electrons. The average Bonchev–Trinajstić information content (AvgIpc) is 3.31. The lowest BCUT2D eigenvalue weighted by Crippen LogP contribution is -2.36. The summed E-state index contributed by atoms with van der Waals surface area (Å²) in [6.07, 6.45) is 1.50. The third-order valence-electron chi connectivity index (χ3n) is 4.33. The van der Waals surface area contributed by atoms with E-state index in [9.17, 15) is 14.4 Å². The summed E-state index contributed by atoms with van der Waals surface area (Å²) >= 11 is 8.84. The summed E-state index contributed by atoms with van der Waals surface area (Å²) in [5.41, 5.74) is 1.43. The minimum atomic E-state index is -0.530. The number of carbonyl (C=O) groups is 3. The Labute approximate surface area is 200 Å². The highest BCUT2D eigenvalue weighted by atomic mass is 127. The number of nitrogens with zero attached hydrogens (tertiary/aromatic N) is 1. The van der Waals surface area contributed by atoms with Crippen molar-refractivity contribution in [3.8, 4) is 11.3 Å². The van der Waals surface area contributed by atoms with Crippen molar-refractivity contribution in [3.05, 3.63) is 79.9 Å². The number of imide groups is 1. The molecule has 0 aliphatic carbocycles. The van der Waals surface area contributed by atoms with Crippen LogP contribution < -0.4 is 5.32 Å². The molecule has 3 aromatic rings. The van der Waals surface area contributed by atoms with Crippen LogP contribution in [-0.4, -0.2) is 28.5 Å². The molecule has 1 aromatic heterocycles. The number of anilines is 1. The zero-order valence-electron chi connectivity index (χ0n) is 15.8. The number of benzene rings is 2. The highest BCUT2D eigenvalue weighted by molar-refractivity contribution is 14.1. The van der Waals surface area contributed by atoms with E-state index in [2.05, 4.69) is 27.9 Å². The highest BCUT2D eigenvalue weighted by Crippen LogP contribution is 2.33. The zero-order chi connectivity index (χ0) is 22.0. The Morgan fingerprint density at radius 3 is 2.48 bits per heavy atom. The quantitative estimate of drug-likeness (QED) is 0.309. The van der Waals surface area contributed by atoms with Gasteiger partial charge in [0.15, 0.2) is 0 Å². The Kier molecular flexibility index (Phi) is 6.49. The monoisotopic (exact) mass is 564 g/mol. The third-order valence-corrected chi connectivity index (χ3v) is 6.21. The van der Waals surface area contributed by atoms with Crippen molar-refractivity contribution in [2.75, 3.05) is 11.9 Å². The van der Waals surface area contributed by atoms with Crippen molar-refractivity contribution in [1.82, 2.24) is 4.90 Å². The molecule has 4 rings (SSSR count). The van der Waals surface area contributed by atoms with Crippen molar-refractivity contribution in [2.45, 2.75) is 0 Å². The van der Waals surface area contributed by atoms with Crippen LogP contribution in [0.3, 0.4) is 0 Å². The molecule has 31 heavy (non-hydrogen) atoms. The molecule has 156 valence electrons. The van der Waals surface area contributed by atoms with Crippen LogP contribution in [0.5, 0.6) is 0 Å². The molecule has 1 fully saturated rings. The second kappa shape index (κ2) is 9.29. The standard InChI is InChI=1S/C22H14ClIN2O4S/c23-14-3-1-13(2-4-14)18-10-9-17(30-18)11-19-21(28)26(22(29)31-19)12-20(27)25-16-7-5-15(24)6-8-16/h1-11H,12H2,(H,25,27)/b19-11+. The van der Waals surface area contributed by atoms with Gasteiger partial charge in [-0.1, -0.05) is 11.6 Å². The van der Waals surface area contributed by atoms with Gasteiger partial charge in [-0.2, -0.15) is 0 Å². The van der Waals surface area contributed by atoms with Crippen molar-refractivity contribution in [1.29, 1.82) is 0 Å². The van der Waals surface area contributed by atoms with E-state index in [1.807, 2.05) is 24.3 Å². The summed E-state index contributed by atoms with van der Waals surface area (Å²) in [7, 11) is 0. The van der Waals surface area contributed by atoms with E-state index in [1.54, 1.807) is 36.4 Å². The van der Waals surface area contributed by atoms with Crippen LogP contribution in [0.25, 0.3) is 17.4 Å². The van der Waals surface area contributed by atoms with Gasteiger partial charge in [0.25, 0.3) is 11.1 Å². The second-order valence-electron chi connectivity index (χ2n) is 6.53. The number of hydrogen-bond donors (Lipinski definition) is 1. The largest absolute Gasteiger partial charge is 0.457 e. The molecule has 1 aliphatic heterocycles. The van der Waals surface area contributed by atoms with Crippen LogP contribution in [-0.2, 0) is 9.59 Å². The summed E-state index contributed by atoms with van der Waals surface area (Å²) in [4.78, 5) is 38.3. The van der Waals surface area contributed by atoms with Crippen LogP contribution in [0.15, 0.2) is 70.0 Å². The average molecular weight is 565 g/mol. The molecule has 3 amide bonds. The van der Waals surface area contributed by atoms with Crippen molar-refractivity contribution < 1.29 is 18.8 Å². The van der Waals surface area contributed by atoms with Crippen LogP contribution in [0.2, 0.25) is 5.02 Å². The predicted molar refractivity (Wildman–Crippen MR) is 130 cm³/mol. The van der Waals surface area contributed by atoms with Gasteiger partial charge < -0.3 is 9.73 Å². The molecule has 0 bridgehead atoms. The Hall–Kier alpha value is -2.56. The Bertz CT molecular complexity index is 1190. The van der Waals surface area contributed by atoms with Crippen LogP contribution >= 0.6 is 46.0 Å². The van der Waals surface area contributed by atoms with Crippen molar-refractivity contribution in [2.24, 2.45) is 0 Å². The summed E-state index contributed by atoms with van der Waals surface area (Å²) in [6.45, 7) is -0.359. The number of hydrogen-bond acceptors (Lipinski definition) is 5. The molecule has 2 heterocycles. The van der Waals surface area contributed by atoms with E-state index < -0.39 is 17.1 Å². The molecular formula is C22H14ClIN2O4S. The second-order valence-corrected chi connectivity index (χ2v) is 9.21. The Morgan fingerprint density at radius 2 is 1.77 bits per heavy atom. The Morgan fingerprint density at radius 1 is 1.06 bits per heavy atom. The third kappa shape index (κ3) is 5.20. The first kappa shape index (κ1) is 21.7. The molecule has 0 unspecified atom stereocenters. The SMILES string of the molecule is O=C(CN1C(=O)S/C(=C/c2ccc(-c3ccc(Cl)cc3)o2)C1=O)Nc1ccc(I)cc1. The van der Waals surface area contributed by atoms with Gasteiger partial charge in [-0.15, -0.1) is 0 Å². The maximum absolute atomic E-state index is 12.6. The number of amides is 3. The number of furan rings is 1. The van der Waals surface area contributed by atoms with Gasteiger partial charge in [-0.05, 0) is 95.0 Å². The van der Waals surface area contributed by atoms with E-state index in [1.165, 1.54) is 6.08 Å². The number of rotatable bonds is 5. The van der Waals surface area contributed by atoms with Crippen LogP contribution in [0.1, 0.15) is 5.76 Å². The summed E-state index contributed by atoms with van der Waals surface area (Å²) < 4.78 is 6.80. The molecule has 0 saturated carbocycles. The van der Waals surface area contributed by atoms with Gasteiger partial charge >= 0.3 is 0 Å². The Balaban J connectivity index is 1.44. The molecular weight excluding hydrogens is 551 g/mol. The maximum atomic E-state index is 12.6. The number of nitrogens with one attached hydrogen (secondary N) is 1. The highest BCUT2D eigenvalue weighted by Gasteiger charge is 2.36. The number of halogens is 2. The lowest BCUT2D eigenvalue weighted by Gasteiger charge is -2.12. The zero-order valence-corrected chi connectivity index (χ0v) is 19.5.